The van der Waals surface area contributed by atoms with Gasteiger partial charge in [-0.05, 0) is 20.8 Å². The number of hydrogen-bond acceptors (Lipinski definition) is 5. The highest BCUT2D eigenvalue weighted by Crippen LogP contribution is 2.48. The molecule has 0 heterocycles. The highest BCUT2D eigenvalue weighted by atomic mass is 31.2. The van der Waals surface area contributed by atoms with Crippen molar-refractivity contribution in [3.63, 3.8) is 0 Å². The van der Waals surface area contributed by atoms with Crippen LogP contribution in [0.1, 0.15) is 20.8 Å². The Morgan fingerprint density at radius 2 is 1.33 bits per heavy atom. The SMILES string of the molecule is CCOP(=O)(O)C/C=C/CP(=O)(OCC)OCC. The molecule has 0 aliphatic heterocycles. The second kappa shape index (κ2) is 9.03. The molecule has 0 aromatic heterocycles. The molecule has 0 saturated carbocycles. The van der Waals surface area contributed by atoms with Crippen LogP contribution in [0.15, 0.2) is 12.2 Å². The molecule has 0 aromatic carbocycles. The lowest BCUT2D eigenvalue weighted by Crippen LogP contribution is -1.98. The van der Waals surface area contributed by atoms with Crippen LogP contribution in [-0.4, -0.2) is 37.0 Å². The molecule has 6 nitrogen and oxygen atoms in total. The van der Waals surface area contributed by atoms with Gasteiger partial charge >= 0.3 is 15.2 Å². The monoisotopic (exact) mass is 300 g/mol. The Kier molecular flexibility index (Phi) is 9.05. The van der Waals surface area contributed by atoms with Gasteiger partial charge in [0.15, 0.2) is 0 Å². The molecule has 0 aliphatic carbocycles. The van der Waals surface area contributed by atoms with Crippen LogP contribution in [0.2, 0.25) is 0 Å². The molecule has 1 atom stereocenters. The standard InChI is InChI=1S/C10H22O6P2/c1-4-14-17(11,12)9-7-8-10-18(13,15-5-2)16-6-3/h7-8H,4-6,9-10H2,1-3H3,(H,11,12)/b8-7+. The Balaban J connectivity index is 4.28. The van der Waals surface area contributed by atoms with Crippen LogP contribution in [0.3, 0.4) is 0 Å². The number of allylic oxidation sites excluding steroid dienone is 2. The first-order valence-corrected chi connectivity index (χ1v) is 9.37. The van der Waals surface area contributed by atoms with Gasteiger partial charge in [0.2, 0.25) is 0 Å². The van der Waals surface area contributed by atoms with E-state index in [9.17, 15) is 14.0 Å². The molecule has 18 heavy (non-hydrogen) atoms. The zero-order valence-electron chi connectivity index (χ0n) is 11.1. The number of hydrogen-bond donors (Lipinski definition) is 1. The van der Waals surface area contributed by atoms with Crippen LogP contribution in [0.5, 0.6) is 0 Å². The zero-order chi connectivity index (χ0) is 14.1. The fraction of sp³-hybridized carbons (Fsp3) is 0.800. The predicted molar refractivity (Wildman–Crippen MR) is 71.2 cm³/mol. The lowest BCUT2D eigenvalue weighted by Gasteiger charge is -2.14. The molecule has 108 valence electrons. The van der Waals surface area contributed by atoms with Crippen molar-refractivity contribution >= 4 is 15.2 Å². The van der Waals surface area contributed by atoms with Gasteiger partial charge in [-0.2, -0.15) is 0 Å². The van der Waals surface area contributed by atoms with Crippen LogP contribution >= 0.6 is 15.2 Å². The summed E-state index contributed by atoms with van der Waals surface area (Å²) in [5, 5.41) is 0. The Bertz CT molecular complexity index is 331. The van der Waals surface area contributed by atoms with E-state index in [-0.39, 0.29) is 18.9 Å². The maximum atomic E-state index is 12.0. The van der Waals surface area contributed by atoms with Gasteiger partial charge in [0.05, 0.1) is 32.1 Å². The Labute approximate surface area is 108 Å². The van der Waals surface area contributed by atoms with E-state index in [2.05, 4.69) is 4.52 Å². The van der Waals surface area contributed by atoms with Crippen LogP contribution in [0.4, 0.5) is 0 Å². The summed E-state index contributed by atoms with van der Waals surface area (Å²) >= 11 is 0. The van der Waals surface area contributed by atoms with E-state index in [1.54, 1.807) is 20.8 Å². The molecule has 1 unspecified atom stereocenters. The van der Waals surface area contributed by atoms with Crippen molar-refractivity contribution in [2.45, 2.75) is 20.8 Å². The van der Waals surface area contributed by atoms with E-state index in [0.717, 1.165) is 0 Å². The van der Waals surface area contributed by atoms with Gasteiger partial charge in [0.1, 0.15) is 0 Å². The van der Waals surface area contributed by atoms with Crippen molar-refractivity contribution in [2.24, 2.45) is 0 Å². The first kappa shape index (κ1) is 18.0. The molecule has 1 N–H and O–H groups in total. The Morgan fingerprint density at radius 3 is 1.78 bits per heavy atom. The van der Waals surface area contributed by atoms with Gasteiger partial charge in [0, 0.05) is 0 Å². The molecule has 0 saturated heterocycles. The molecule has 0 fully saturated rings. The van der Waals surface area contributed by atoms with Crippen LogP contribution in [0, 0.1) is 0 Å². The average molecular weight is 300 g/mol. The summed E-state index contributed by atoms with van der Waals surface area (Å²) in [6.45, 7) is 5.87. The van der Waals surface area contributed by atoms with Gasteiger partial charge < -0.3 is 18.5 Å². The summed E-state index contributed by atoms with van der Waals surface area (Å²) in [6, 6.07) is 0. The fourth-order valence-electron chi connectivity index (χ4n) is 1.20. The van der Waals surface area contributed by atoms with E-state index in [1.807, 2.05) is 0 Å². The highest BCUT2D eigenvalue weighted by Gasteiger charge is 2.21. The maximum Gasteiger partial charge on any atom is 0.334 e. The summed E-state index contributed by atoms with van der Waals surface area (Å²) < 4.78 is 38.2. The molecular weight excluding hydrogens is 278 g/mol. The third kappa shape index (κ3) is 8.20. The Morgan fingerprint density at radius 1 is 0.889 bits per heavy atom. The minimum atomic E-state index is -3.56. The van der Waals surface area contributed by atoms with Crippen molar-refractivity contribution in [3.8, 4) is 0 Å². The smallest absolute Gasteiger partial charge is 0.324 e. The minimum Gasteiger partial charge on any atom is -0.324 e. The maximum absolute atomic E-state index is 12.0. The van der Waals surface area contributed by atoms with Gasteiger partial charge in [-0.15, -0.1) is 0 Å². The molecule has 0 rings (SSSR count). The molecule has 0 aromatic rings. The second-order valence-corrected chi connectivity index (χ2v) is 7.34. The molecule has 8 heteroatoms. The zero-order valence-corrected chi connectivity index (χ0v) is 12.9. The predicted octanol–water partition coefficient (Wildman–Crippen LogP) is 3.03. The van der Waals surface area contributed by atoms with E-state index in [1.165, 1.54) is 12.2 Å². The van der Waals surface area contributed by atoms with E-state index in [0.29, 0.717) is 13.2 Å². The fourth-order valence-corrected chi connectivity index (χ4v) is 3.61. The second-order valence-electron chi connectivity index (χ2n) is 3.34. The van der Waals surface area contributed by atoms with Gasteiger partial charge in [-0.3, -0.25) is 9.13 Å². The first-order valence-electron chi connectivity index (χ1n) is 5.88. The molecule has 0 bridgehead atoms. The summed E-state index contributed by atoms with van der Waals surface area (Å²) in [4.78, 5) is 9.30. The van der Waals surface area contributed by atoms with E-state index in [4.69, 9.17) is 9.05 Å². The lowest BCUT2D eigenvalue weighted by molar-refractivity contribution is 0.222. The topological polar surface area (TPSA) is 82.1 Å². The van der Waals surface area contributed by atoms with Gasteiger partial charge in [-0.1, -0.05) is 12.2 Å². The Hall–Kier alpha value is 0.0400. The van der Waals surface area contributed by atoms with Crippen molar-refractivity contribution in [1.82, 2.24) is 0 Å². The molecule has 0 radical (unpaired) electrons. The van der Waals surface area contributed by atoms with Crippen molar-refractivity contribution in [2.75, 3.05) is 32.1 Å². The molecular formula is C10H22O6P2. The highest BCUT2D eigenvalue weighted by molar-refractivity contribution is 7.54. The van der Waals surface area contributed by atoms with Gasteiger partial charge in [-0.25, -0.2) is 0 Å². The molecule has 0 amide bonds. The van der Waals surface area contributed by atoms with Crippen molar-refractivity contribution in [1.29, 1.82) is 0 Å². The minimum absolute atomic E-state index is 0.0841. The van der Waals surface area contributed by atoms with Crippen molar-refractivity contribution in [3.05, 3.63) is 12.2 Å². The quantitative estimate of drug-likeness (QED) is 0.493. The average Bonchev–Trinajstić information content (AvgIpc) is 2.25. The van der Waals surface area contributed by atoms with Crippen molar-refractivity contribution < 1.29 is 27.6 Å². The molecule has 0 aliphatic rings. The largest absolute Gasteiger partial charge is 0.334 e. The summed E-state index contributed by atoms with van der Waals surface area (Å²) in [6.07, 6.45) is 2.95. The number of rotatable bonds is 10. The normalized spacial score (nSPS) is 16.0. The molecule has 0 spiro atoms. The van der Waals surface area contributed by atoms with E-state index >= 15 is 0 Å². The van der Waals surface area contributed by atoms with Crippen LogP contribution < -0.4 is 0 Å². The van der Waals surface area contributed by atoms with Gasteiger partial charge in [0.25, 0.3) is 0 Å². The summed E-state index contributed by atoms with van der Waals surface area (Å²) in [7, 11) is -6.68. The van der Waals surface area contributed by atoms with Crippen LogP contribution in [0.25, 0.3) is 0 Å². The summed E-state index contributed by atoms with van der Waals surface area (Å²) in [5.41, 5.74) is 0. The summed E-state index contributed by atoms with van der Waals surface area (Å²) in [5.74, 6) is 0. The third-order valence-electron chi connectivity index (χ3n) is 1.81. The first-order chi connectivity index (χ1) is 8.39. The third-order valence-corrected chi connectivity index (χ3v) is 5.11. The lowest BCUT2D eigenvalue weighted by atomic mass is 10.6. The van der Waals surface area contributed by atoms with Crippen LogP contribution in [-0.2, 0) is 22.7 Å². The van der Waals surface area contributed by atoms with E-state index < -0.39 is 15.2 Å².